The molecule has 0 aliphatic carbocycles. The summed E-state index contributed by atoms with van der Waals surface area (Å²) >= 11 is 6.80. The Morgan fingerprint density at radius 2 is 1.76 bits per heavy atom. The van der Waals surface area contributed by atoms with E-state index in [1.54, 1.807) is 66.7 Å². The molecular formula is C26H21ClFNO4S. The Labute approximate surface area is 206 Å². The van der Waals surface area contributed by atoms with Crippen LogP contribution in [0, 0.1) is 5.82 Å². The van der Waals surface area contributed by atoms with Gasteiger partial charge in [0, 0.05) is 10.6 Å². The minimum atomic E-state index is -0.359. The van der Waals surface area contributed by atoms with E-state index in [4.69, 9.17) is 21.1 Å². The van der Waals surface area contributed by atoms with Crippen LogP contribution in [-0.2, 0) is 17.9 Å². The molecule has 0 unspecified atom stereocenters. The average Bonchev–Trinajstić information content (AvgIpc) is 3.08. The lowest BCUT2D eigenvalue weighted by Crippen LogP contribution is -2.27. The highest BCUT2D eigenvalue weighted by atomic mass is 35.5. The number of amides is 2. The molecule has 4 rings (SSSR count). The summed E-state index contributed by atoms with van der Waals surface area (Å²) in [6.45, 7) is 2.47. The van der Waals surface area contributed by atoms with E-state index in [9.17, 15) is 14.0 Å². The summed E-state index contributed by atoms with van der Waals surface area (Å²) in [5, 5.41) is 0.255. The number of halogens is 2. The topological polar surface area (TPSA) is 55.8 Å². The summed E-state index contributed by atoms with van der Waals surface area (Å²) in [6.07, 6.45) is 1.65. The third-order valence-electron chi connectivity index (χ3n) is 5.03. The molecule has 8 heteroatoms. The predicted molar refractivity (Wildman–Crippen MR) is 131 cm³/mol. The zero-order valence-corrected chi connectivity index (χ0v) is 19.9. The van der Waals surface area contributed by atoms with Crippen molar-refractivity contribution >= 4 is 40.6 Å². The monoisotopic (exact) mass is 497 g/mol. The molecule has 0 atom stereocenters. The molecule has 1 saturated heterocycles. The first-order chi connectivity index (χ1) is 16.4. The van der Waals surface area contributed by atoms with Crippen LogP contribution in [0.3, 0.4) is 0 Å². The minimum Gasteiger partial charge on any atom is -0.490 e. The van der Waals surface area contributed by atoms with E-state index in [1.165, 1.54) is 11.0 Å². The number of carbonyl (C=O) groups excluding carboxylic acids is 2. The van der Waals surface area contributed by atoms with Crippen LogP contribution in [0.4, 0.5) is 9.18 Å². The Hall–Kier alpha value is -3.29. The zero-order chi connectivity index (χ0) is 24.1. The third kappa shape index (κ3) is 5.61. The number of imide groups is 1. The second kappa shape index (κ2) is 10.8. The van der Waals surface area contributed by atoms with Crippen LogP contribution in [0.25, 0.3) is 6.08 Å². The largest absolute Gasteiger partial charge is 0.490 e. The van der Waals surface area contributed by atoms with Gasteiger partial charge in [0.05, 0.1) is 18.1 Å². The van der Waals surface area contributed by atoms with Crippen molar-refractivity contribution in [3.05, 3.63) is 99.2 Å². The van der Waals surface area contributed by atoms with E-state index in [0.29, 0.717) is 39.2 Å². The number of ether oxygens (including phenoxy) is 2. The van der Waals surface area contributed by atoms with E-state index in [-0.39, 0.29) is 30.1 Å². The molecule has 2 amide bonds. The van der Waals surface area contributed by atoms with Gasteiger partial charge >= 0.3 is 0 Å². The summed E-state index contributed by atoms with van der Waals surface area (Å²) in [6, 6.07) is 18.6. The molecule has 5 nitrogen and oxygen atoms in total. The Balaban J connectivity index is 1.51. The van der Waals surface area contributed by atoms with Crippen molar-refractivity contribution in [2.45, 2.75) is 20.1 Å². The molecule has 34 heavy (non-hydrogen) atoms. The minimum absolute atomic E-state index is 0.0513. The van der Waals surface area contributed by atoms with E-state index in [0.717, 1.165) is 17.3 Å². The van der Waals surface area contributed by atoms with Crippen LogP contribution < -0.4 is 9.47 Å². The molecular weight excluding hydrogens is 477 g/mol. The van der Waals surface area contributed by atoms with Gasteiger partial charge in [-0.3, -0.25) is 14.5 Å². The van der Waals surface area contributed by atoms with Gasteiger partial charge in [0.2, 0.25) is 0 Å². The number of hydrogen-bond acceptors (Lipinski definition) is 5. The van der Waals surface area contributed by atoms with Crippen molar-refractivity contribution in [2.75, 3.05) is 6.61 Å². The average molecular weight is 498 g/mol. The molecule has 0 N–H and O–H groups in total. The molecule has 0 spiro atoms. The molecule has 1 aliphatic heterocycles. The van der Waals surface area contributed by atoms with Crippen LogP contribution in [0.5, 0.6) is 11.5 Å². The molecule has 0 radical (unpaired) electrons. The van der Waals surface area contributed by atoms with Crippen molar-refractivity contribution < 1.29 is 23.5 Å². The van der Waals surface area contributed by atoms with Gasteiger partial charge in [-0.25, -0.2) is 4.39 Å². The van der Waals surface area contributed by atoms with Crippen LogP contribution in [-0.4, -0.2) is 22.7 Å². The van der Waals surface area contributed by atoms with Gasteiger partial charge in [-0.2, -0.15) is 0 Å². The Kier molecular flexibility index (Phi) is 7.55. The lowest BCUT2D eigenvalue weighted by molar-refractivity contribution is -0.123. The van der Waals surface area contributed by atoms with Crippen molar-refractivity contribution in [1.82, 2.24) is 4.90 Å². The molecule has 1 aliphatic rings. The highest BCUT2D eigenvalue weighted by Crippen LogP contribution is 2.35. The highest BCUT2D eigenvalue weighted by Gasteiger charge is 2.35. The highest BCUT2D eigenvalue weighted by molar-refractivity contribution is 8.18. The fraction of sp³-hybridized carbons (Fsp3) is 0.154. The van der Waals surface area contributed by atoms with E-state index in [2.05, 4.69) is 0 Å². The van der Waals surface area contributed by atoms with Gasteiger partial charge in [0.1, 0.15) is 12.4 Å². The van der Waals surface area contributed by atoms with Crippen LogP contribution in [0.2, 0.25) is 5.02 Å². The second-order valence-electron chi connectivity index (χ2n) is 7.41. The van der Waals surface area contributed by atoms with Gasteiger partial charge in [0.15, 0.2) is 11.5 Å². The fourth-order valence-electron chi connectivity index (χ4n) is 3.33. The molecule has 3 aromatic rings. The van der Waals surface area contributed by atoms with Crippen LogP contribution >= 0.6 is 23.4 Å². The number of thioether (sulfide) groups is 1. The predicted octanol–water partition coefficient (Wildman–Crippen LogP) is 6.69. The molecule has 0 aromatic heterocycles. The number of rotatable bonds is 8. The standard InChI is InChI=1S/C26H21ClFNO4S/c1-2-32-23-13-18(9-12-22(23)33-16-19-5-3-4-6-21(19)28)14-24-25(30)29(26(31)34-24)15-17-7-10-20(27)11-8-17/h3-14H,2,15-16H2,1H3. The van der Waals surface area contributed by atoms with Crippen molar-refractivity contribution in [1.29, 1.82) is 0 Å². The molecule has 1 heterocycles. The maximum absolute atomic E-state index is 13.9. The van der Waals surface area contributed by atoms with Gasteiger partial charge in [-0.15, -0.1) is 0 Å². The maximum atomic E-state index is 13.9. The Morgan fingerprint density at radius 3 is 2.50 bits per heavy atom. The molecule has 1 fully saturated rings. The molecule has 3 aromatic carbocycles. The zero-order valence-electron chi connectivity index (χ0n) is 18.3. The summed E-state index contributed by atoms with van der Waals surface area (Å²) in [5.41, 5.74) is 1.92. The van der Waals surface area contributed by atoms with Crippen molar-refractivity contribution in [3.8, 4) is 11.5 Å². The lowest BCUT2D eigenvalue weighted by Gasteiger charge is -2.13. The number of benzene rings is 3. The second-order valence-corrected chi connectivity index (χ2v) is 8.84. The van der Waals surface area contributed by atoms with Gasteiger partial charge in [-0.1, -0.05) is 48.0 Å². The number of nitrogens with zero attached hydrogens (tertiary/aromatic N) is 1. The quantitative estimate of drug-likeness (QED) is 0.324. The van der Waals surface area contributed by atoms with Crippen LogP contribution in [0.1, 0.15) is 23.6 Å². The van der Waals surface area contributed by atoms with Crippen LogP contribution in [0.15, 0.2) is 71.6 Å². The maximum Gasteiger partial charge on any atom is 0.293 e. The van der Waals surface area contributed by atoms with Gasteiger partial charge in [-0.05, 0) is 66.2 Å². The number of hydrogen-bond donors (Lipinski definition) is 0. The molecule has 174 valence electrons. The van der Waals surface area contributed by atoms with Gasteiger partial charge in [0.25, 0.3) is 11.1 Å². The van der Waals surface area contributed by atoms with Gasteiger partial charge < -0.3 is 9.47 Å². The Bertz CT molecular complexity index is 1250. The summed E-state index contributed by atoms with van der Waals surface area (Å²) in [7, 11) is 0. The lowest BCUT2D eigenvalue weighted by atomic mass is 10.1. The fourth-order valence-corrected chi connectivity index (χ4v) is 4.30. The third-order valence-corrected chi connectivity index (χ3v) is 6.19. The molecule has 0 saturated carbocycles. The van der Waals surface area contributed by atoms with Crippen molar-refractivity contribution in [2.24, 2.45) is 0 Å². The van der Waals surface area contributed by atoms with E-state index in [1.807, 2.05) is 6.92 Å². The number of carbonyl (C=O) groups is 2. The Morgan fingerprint density at radius 1 is 1.00 bits per heavy atom. The van der Waals surface area contributed by atoms with E-state index >= 15 is 0 Å². The first-order valence-electron chi connectivity index (χ1n) is 10.6. The smallest absolute Gasteiger partial charge is 0.293 e. The first-order valence-corrected chi connectivity index (χ1v) is 11.8. The summed E-state index contributed by atoms with van der Waals surface area (Å²) in [4.78, 5) is 26.8. The van der Waals surface area contributed by atoms with Crippen molar-refractivity contribution in [3.63, 3.8) is 0 Å². The first kappa shape index (κ1) is 23.9. The summed E-state index contributed by atoms with van der Waals surface area (Å²) < 4.78 is 25.4. The normalized spacial score (nSPS) is 14.7. The molecule has 0 bridgehead atoms. The van der Waals surface area contributed by atoms with E-state index < -0.39 is 0 Å². The SMILES string of the molecule is CCOc1cc(C=C2SC(=O)N(Cc3ccc(Cl)cc3)C2=O)ccc1OCc1ccccc1F. The summed E-state index contributed by atoms with van der Waals surface area (Å²) in [5.74, 6) is 0.222.